The summed E-state index contributed by atoms with van der Waals surface area (Å²) in [5.74, 6) is 0.580. The quantitative estimate of drug-likeness (QED) is 0.641. The average molecular weight is 268 g/mol. The molecule has 0 nitrogen and oxygen atoms in total. The lowest BCUT2D eigenvalue weighted by atomic mass is 9.83. The highest BCUT2D eigenvalue weighted by atomic mass is 19.1. The van der Waals surface area contributed by atoms with Crippen molar-refractivity contribution in [3.8, 4) is 11.1 Å². The predicted molar refractivity (Wildman–Crippen MR) is 82.4 cm³/mol. The zero-order chi connectivity index (χ0) is 13.9. The second-order valence-corrected chi connectivity index (χ2v) is 5.94. The SMILES string of the molecule is Cc1ccc(-c2ccc(C3CCCCC3)cc2)c(F)c1. The van der Waals surface area contributed by atoms with Crippen LogP contribution in [0.15, 0.2) is 42.5 Å². The predicted octanol–water partition coefficient (Wildman–Crippen LogP) is 5.85. The maximum absolute atomic E-state index is 14.0. The van der Waals surface area contributed by atoms with Crippen molar-refractivity contribution in [3.63, 3.8) is 0 Å². The molecule has 20 heavy (non-hydrogen) atoms. The van der Waals surface area contributed by atoms with Crippen molar-refractivity contribution in [1.82, 2.24) is 0 Å². The van der Waals surface area contributed by atoms with Crippen LogP contribution >= 0.6 is 0 Å². The lowest BCUT2D eigenvalue weighted by Gasteiger charge is -2.22. The summed E-state index contributed by atoms with van der Waals surface area (Å²) in [5.41, 5.74) is 4.05. The van der Waals surface area contributed by atoms with E-state index >= 15 is 0 Å². The Labute approximate surface area is 120 Å². The van der Waals surface area contributed by atoms with Crippen molar-refractivity contribution >= 4 is 0 Å². The molecule has 0 saturated heterocycles. The maximum Gasteiger partial charge on any atom is 0.131 e. The topological polar surface area (TPSA) is 0 Å². The number of rotatable bonds is 2. The minimum absolute atomic E-state index is 0.129. The minimum Gasteiger partial charge on any atom is -0.206 e. The Hall–Kier alpha value is -1.63. The lowest BCUT2D eigenvalue weighted by Crippen LogP contribution is -2.04. The van der Waals surface area contributed by atoms with Crippen molar-refractivity contribution in [1.29, 1.82) is 0 Å². The van der Waals surface area contributed by atoms with Crippen molar-refractivity contribution in [2.45, 2.75) is 44.9 Å². The van der Waals surface area contributed by atoms with E-state index in [1.807, 2.05) is 19.1 Å². The molecule has 1 heteroatoms. The Morgan fingerprint density at radius 3 is 2.25 bits per heavy atom. The largest absolute Gasteiger partial charge is 0.206 e. The van der Waals surface area contributed by atoms with Gasteiger partial charge in [-0.05, 0) is 48.4 Å². The van der Waals surface area contributed by atoms with Gasteiger partial charge >= 0.3 is 0 Å². The minimum atomic E-state index is -0.129. The molecule has 3 rings (SSSR count). The summed E-state index contributed by atoms with van der Waals surface area (Å²) < 4.78 is 14.0. The van der Waals surface area contributed by atoms with Crippen LogP contribution in [0.2, 0.25) is 0 Å². The summed E-state index contributed by atoms with van der Waals surface area (Å²) in [6.45, 7) is 1.92. The van der Waals surface area contributed by atoms with Gasteiger partial charge in [0.1, 0.15) is 5.82 Å². The van der Waals surface area contributed by atoms with E-state index in [0.29, 0.717) is 11.5 Å². The molecule has 2 aromatic rings. The summed E-state index contributed by atoms with van der Waals surface area (Å²) in [7, 11) is 0. The van der Waals surface area contributed by atoms with Gasteiger partial charge in [0.25, 0.3) is 0 Å². The summed E-state index contributed by atoms with van der Waals surface area (Å²) in [5, 5.41) is 0. The number of hydrogen-bond acceptors (Lipinski definition) is 0. The molecule has 2 aromatic carbocycles. The molecular weight excluding hydrogens is 247 g/mol. The maximum atomic E-state index is 14.0. The van der Waals surface area contributed by atoms with Gasteiger partial charge in [0.2, 0.25) is 0 Å². The van der Waals surface area contributed by atoms with E-state index < -0.39 is 0 Å². The molecule has 0 spiro atoms. The van der Waals surface area contributed by atoms with E-state index in [4.69, 9.17) is 0 Å². The van der Waals surface area contributed by atoms with E-state index in [1.54, 1.807) is 6.07 Å². The fourth-order valence-corrected chi connectivity index (χ4v) is 3.23. The van der Waals surface area contributed by atoms with Crippen LogP contribution in [-0.2, 0) is 0 Å². The lowest BCUT2D eigenvalue weighted by molar-refractivity contribution is 0.443. The van der Waals surface area contributed by atoms with Gasteiger partial charge in [-0.15, -0.1) is 0 Å². The zero-order valence-electron chi connectivity index (χ0n) is 12.0. The first-order valence-corrected chi connectivity index (χ1v) is 7.60. The highest BCUT2D eigenvalue weighted by molar-refractivity contribution is 5.64. The second-order valence-electron chi connectivity index (χ2n) is 5.94. The van der Waals surface area contributed by atoms with Crippen molar-refractivity contribution in [3.05, 3.63) is 59.4 Å². The third-order valence-corrected chi connectivity index (χ3v) is 4.42. The van der Waals surface area contributed by atoms with Gasteiger partial charge in [-0.25, -0.2) is 4.39 Å². The Bertz CT molecular complexity index is 577. The van der Waals surface area contributed by atoms with Gasteiger partial charge in [0, 0.05) is 5.56 Å². The van der Waals surface area contributed by atoms with Crippen molar-refractivity contribution in [2.75, 3.05) is 0 Å². The average Bonchev–Trinajstić information content (AvgIpc) is 2.48. The van der Waals surface area contributed by atoms with Gasteiger partial charge in [-0.3, -0.25) is 0 Å². The van der Waals surface area contributed by atoms with E-state index in [1.165, 1.54) is 37.7 Å². The molecule has 1 aliphatic carbocycles. The number of aryl methyl sites for hydroxylation is 1. The number of halogens is 1. The van der Waals surface area contributed by atoms with E-state index in [9.17, 15) is 4.39 Å². The summed E-state index contributed by atoms with van der Waals surface area (Å²) >= 11 is 0. The van der Waals surface area contributed by atoms with Gasteiger partial charge in [0.05, 0.1) is 0 Å². The zero-order valence-corrected chi connectivity index (χ0v) is 12.0. The molecular formula is C19H21F. The molecule has 104 valence electrons. The molecule has 0 heterocycles. The molecule has 1 saturated carbocycles. The molecule has 0 radical (unpaired) electrons. The van der Waals surface area contributed by atoms with Gasteiger partial charge < -0.3 is 0 Å². The van der Waals surface area contributed by atoms with Gasteiger partial charge in [0.15, 0.2) is 0 Å². The fourth-order valence-electron chi connectivity index (χ4n) is 3.23. The third-order valence-electron chi connectivity index (χ3n) is 4.42. The van der Waals surface area contributed by atoms with E-state index in [2.05, 4.69) is 24.3 Å². The molecule has 0 aromatic heterocycles. The molecule has 0 bridgehead atoms. The first-order valence-electron chi connectivity index (χ1n) is 7.60. The van der Waals surface area contributed by atoms with Gasteiger partial charge in [-0.1, -0.05) is 55.7 Å². The standard InChI is InChI=1S/C19H21F/c1-14-7-12-18(19(20)13-14)17-10-8-16(9-11-17)15-5-3-2-4-6-15/h7-13,15H,2-6H2,1H3. The first kappa shape index (κ1) is 13.4. The second kappa shape index (κ2) is 5.78. The summed E-state index contributed by atoms with van der Waals surface area (Å²) in [6.07, 6.45) is 6.68. The molecule has 0 aliphatic heterocycles. The molecule has 0 N–H and O–H groups in total. The molecule has 1 aliphatic rings. The molecule has 0 atom stereocenters. The summed E-state index contributed by atoms with van der Waals surface area (Å²) in [6, 6.07) is 13.9. The van der Waals surface area contributed by atoms with Crippen molar-refractivity contribution in [2.24, 2.45) is 0 Å². The van der Waals surface area contributed by atoms with Crippen LogP contribution in [-0.4, -0.2) is 0 Å². The highest BCUT2D eigenvalue weighted by Crippen LogP contribution is 2.33. The van der Waals surface area contributed by atoms with Crippen LogP contribution < -0.4 is 0 Å². The highest BCUT2D eigenvalue weighted by Gasteiger charge is 2.15. The normalized spacial score (nSPS) is 16.3. The summed E-state index contributed by atoms with van der Waals surface area (Å²) in [4.78, 5) is 0. The van der Waals surface area contributed by atoms with Crippen LogP contribution in [0.1, 0.15) is 49.1 Å². The van der Waals surface area contributed by atoms with E-state index in [0.717, 1.165) is 11.1 Å². The third kappa shape index (κ3) is 2.77. The van der Waals surface area contributed by atoms with E-state index in [-0.39, 0.29) is 5.82 Å². The van der Waals surface area contributed by atoms with Crippen LogP contribution in [0.5, 0.6) is 0 Å². The number of benzene rings is 2. The number of hydrogen-bond donors (Lipinski definition) is 0. The van der Waals surface area contributed by atoms with Crippen LogP contribution in [0.4, 0.5) is 4.39 Å². The Morgan fingerprint density at radius 2 is 1.60 bits per heavy atom. The molecule has 1 fully saturated rings. The Kier molecular flexibility index (Phi) is 3.86. The smallest absolute Gasteiger partial charge is 0.131 e. The fraction of sp³-hybridized carbons (Fsp3) is 0.368. The molecule has 0 amide bonds. The van der Waals surface area contributed by atoms with Crippen LogP contribution in [0.3, 0.4) is 0 Å². The van der Waals surface area contributed by atoms with Gasteiger partial charge in [-0.2, -0.15) is 0 Å². The van der Waals surface area contributed by atoms with Crippen LogP contribution in [0, 0.1) is 12.7 Å². The van der Waals surface area contributed by atoms with Crippen molar-refractivity contribution < 1.29 is 4.39 Å². The Balaban J connectivity index is 1.85. The first-order chi connectivity index (χ1) is 9.74. The van der Waals surface area contributed by atoms with Crippen LogP contribution in [0.25, 0.3) is 11.1 Å². The monoisotopic (exact) mass is 268 g/mol. The Morgan fingerprint density at radius 1 is 0.900 bits per heavy atom. The molecule has 0 unspecified atom stereocenters.